The lowest BCUT2D eigenvalue weighted by Gasteiger charge is -2.32. The van der Waals surface area contributed by atoms with Gasteiger partial charge in [-0.2, -0.15) is 4.31 Å². The van der Waals surface area contributed by atoms with Gasteiger partial charge in [-0.1, -0.05) is 12.5 Å². The summed E-state index contributed by atoms with van der Waals surface area (Å²) < 4.78 is 25.3. The van der Waals surface area contributed by atoms with Gasteiger partial charge in [-0.15, -0.1) is 24.0 Å². The fourth-order valence-corrected chi connectivity index (χ4v) is 4.81. The molecular weight excluding hydrogens is 451 g/mol. The number of nitrogens with two attached hydrogens (primary N) is 1. The van der Waals surface area contributed by atoms with Crippen LogP contribution in [0.4, 0.5) is 5.69 Å². The average molecular weight is 478 g/mol. The van der Waals surface area contributed by atoms with Crippen LogP contribution in [0.15, 0.2) is 23.2 Å². The number of piperidine rings is 1. The van der Waals surface area contributed by atoms with Gasteiger partial charge in [0.15, 0.2) is 5.96 Å². The van der Waals surface area contributed by atoms with Gasteiger partial charge in [-0.05, 0) is 55.4 Å². The second-order valence-electron chi connectivity index (χ2n) is 6.71. The molecule has 0 radical (unpaired) electrons. The van der Waals surface area contributed by atoms with Gasteiger partial charge in [0, 0.05) is 18.3 Å². The third-order valence-electron chi connectivity index (χ3n) is 4.84. The summed E-state index contributed by atoms with van der Waals surface area (Å²) in [5.74, 6) is 0.340. The summed E-state index contributed by atoms with van der Waals surface area (Å²) in [6.07, 6.45) is 7.53. The summed E-state index contributed by atoms with van der Waals surface area (Å²) >= 11 is 0. The molecule has 1 atom stereocenters. The first kappa shape index (κ1) is 20.4. The van der Waals surface area contributed by atoms with Gasteiger partial charge >= 0.3 is 0 Å². The van der Waals surface area contributed by atoms with Crippen LogP contribution in [0, 0.1) is 0 Å². The molecule has 3 rings (SSSR count). The second-order valence-corrected chi connectivity index (χ2v) is 8.65. The Kier molecular flexibility index (Phi) is 7.10. The summed E-state index contributed by atoms with van der Waals surface area (Å²) in [6, 6.07) is 6.21. The number of aryl methyl sites for hydroxylation is 2. The predicted octanol–water partition coefficient (Wildman–Crippen LogP) is 2.33. The van der Waals surface area contributed by atoms with Crippen LogP contribution in [0.3, 0.4) is 0 Å². The number of anilines is 1. The number of benzene rings is 1. The highest BCUT2D eigenvalue weighted by atomic mass is 127. The SMILES string of the molecule is CS(=O)(=O)N1CCCCC1CN=C(N)Nc1ccc2c(c1)CCC2.I. The standard InChI is InChI=1S/C17H26N4O2S.HI/c1-24(22,23)21-10-3-2-7-16(21)12-19-17(18)20-15-9-8-13-5-4-6-14(13)11-15;/h8-9,11,16H,2-7,10,12H2,1H3,(H3,18,19,20);1H. The third kappa shape index (κ3) is 5.30. The minimum atomic E-state index is -3.19. The number of aliphatic imine (C=N–C) groups is 1. The number of halogens is 1. The topological polar surface area (TPSA) is 87.8 Å². The van der Waals surface area contributed by atoms with Crippen LogP contribution in [0.1, 0.15) is 36.8 Å². The van der Waals surface area contributed by atoms with Crippen molar-refractivity contribution in [2.45, 2.75) is 44.6 Å². The monoisotopic (exact) mass is 478 g/mol. The molecule has 8 heteroatoms. The zero-order chi connectivity index (χ0) is 17.2. The maximum Gasteiger partial charge on any atom is 0.211 e. The largest absolute Gasteiger partial charge is 0.370 e. The van der Waals surface area contributed by atoms with Crippen molar-refractivity contribution in [2.75, 3.05) is 24.7 Å². The maximum absolute atomic E-state index is 11.9. The van der Waals surface area contributed by atoms with E-state index in [1.165, 1.54) is 23.8 Å². The fraction of sp³-hybridized carbons (Fsp3) is 0.588. The fourth-order valence-electron chi connectivity index (χ4n) is 3.63. The molecule has 1 aromatic carbocycles. The van der Waals surface area contributed by atoms with Gasteiger partial charge in [-0.25, -0.2) is 8.42 Å². The minimum absolute atomic E-state index is 0. The van der Waals surface area contributed by atoms with Crippen LogP contribution in [0.5, 0.6) is 0 Å². The Morgan fingerprint density at radius 2 is 2.04 bits per heavy atom. The molecule has 1 unspecified atom stereocenters. The molecule has 25 heavy (non-hydrogen) atoms. The lowest BCUT2D eigenvalue weighted by molar-refractivity contribution is 0.259. The normalized spacial score (nSPS) is 21.5. The van der Waals surface area contributed by atoms with Crippen molar-refractivity contribution in [1.29, 1.82) is 0 Å². The number of sulfonamides is 1. The van der Waals surface area contributed by atoms with Crippen molar-refractivity contribution >= 4 is 45.6 Å². The van der Waals surface area contributed by atoms with Crippen LogP contribution in [0.2, 0.25) is 0 Å². The molecule has 1 aliphatic carbocycles. The second kappa shape index (κ2) is 8.68. The van der Waals surface area contributed by atoms with E-state index in [-0.39, 0.29) is 30.0 Å². The van der Waals surface area contributed by atoms with Crippen LogP contribution >= 0.6 is 24.0 Å². The Morgan fingerprint density at radius 1 is 1.28 bits per heavy atom. The van der Waals surface area contributed by atoms with Crippen LogP contribution in [-0.4, -0.2) is 44.1 Å². The van der Waals surface area contributed by atoms with Crippen molar-refractivity contribution in [3.8, 4) is 0 Å². The molecule has 1 aromatic rings. The molecule has 1 heterocycles. The van der Waals surface area contributed by atoms with Crippen molar-refractivity contribution < 1.29 is 8.42 Å². The number of nitrogens with zero attached hydrogens (tertiary/aromatic N) is 2. The van der Waals surface area contributed by atoms with E-state index < -0.39 is 10.0 Å². The third-order valence-corrected chi connectivity index (χ3v) is 6.18. The maximum atomic E-state index is 11.9. The Hall–Kier alpha value is -0.870. The average Bonchev–Trinajstić information content (AvgIpc) is 3.00. The number of hydrogen-bond acceptors (Lipinski definition) is 3. The van der Waals surface area contributed by atoms with Crippen molar-refractivity contribution in [3.63, 3.8) is 0 Å². The number of rotatable bonds is 4. The van der Waals surface area contributed by atoms with Crippen LogP contribution < -0.4 is 11.1 Å². The molecule has 140 valence electrons. The van der Waals surface area contributed by atoms with E-state index in [0.717, 1.165) is 37.8 Å². The van der Waals surface area contributed by atoms with E-state index in [0.29, 0.717) is 19.0 Å². The van der Waals surface area contributed by atoms with Crippen LogP contribution in [-0.2, 0) is 22.9 Å². The van der Waals surface area contributed by atoms with Crippen molar-refractivity contribution in [2.24, 2.45) is 10.7 Å². The number of guanidine groups is 1. The molecule has 0 amide bonds. The highest BCUT2D eigenvalue weighted by molar-refractivity contribution is 14.0. The molecule has 0 aromatic heterocycles. The summed E-state index contributed by atoms with van der Waals surface area (Å²) in [5.41, 5.74) is 9.74. The molecule has 0 spiro atoms. The molecule has 0 bridgehead atoms. The zero-order valence-corrected chi connectivity index (χ0v) is 17.7. The van der Waals surface area contributed by atoms with E-state index in [9.17, 15) is 8.42 Å². The Bertz CT molecular complexity index is 736. The van der Waals surface area contributed by atoms with E-state index in [2.05, 4.69) is 22.4 Å². The molecule has 6 nitrogen and oxygen atoms in total. The zero-order valence-electron chi connectivity index (χ0n) is 14.6. The van der Waals surface area contributed by atoms with Crippen molar-refractivity contribution in [1.82, 2.24) is 4.31 Å². The smallest absolute Gasteiger partial charge is 0.211 e. The highest BCUT2D eigenvalue weighted by Gasteiger charge is 2.29. The number of fused-ring (bicyclic) bond motifs is 1. The van der Waals surface area contributed by atoms with Gasteiger partial charge in [0.05, 0.1) is 12.8 Å². The quantitative estimate of drug-likeness (QED) is 0.395. The van der Waals surface area contributed by atoms with Gasteiger partial charge in [0.25, 0.3) is 0 Å². The van der Waals surface area contributed by atoms with E-state index in [1.807, 2.05) is 6.07 Å². The van der Waals surface area contributed by atoms with Gasteiger partial charge < -0.3 is 11.1 Å². The summed E-state index contributed by atoms with van der Waals surface area (Å²) in [7, 11) is -3.19. The predicted molar refractivity (Wildman–Crippen MR) is 113 cm³/mol. The Balaban J connectivity index is 0.00000225. The van der Waals surface area contributed by atoms with E-state index in [1.54, 1.807) is 4.31 Å². The van der Waals surface area contributed by atoms with Gasteiger partial charge in [0.1, 0.15) is 0 Å². The Morgan fingerprint density at radius 3 is 2.80 bits per heavy atom. The number of hydrogen-bond donors (Lipinski definition) is 2. The van der Waals surface area contributed by atoms with Crippen LogP contribution in [0.25, 0.3) is 0 Å². The first-order valence-corrected chi connectivity index (χ1v) is 10.4. The molecule has 3 N–H and O–H groups in total. The minimum Gasteiger partial charge on any atom is -0.370 e. The molecule has 1 aliphatic heterocycles. The molecule has 1 saturated heterocycles. The molecule has 2 aliphatic rings. The first-order valence-electron chi connectivity index (χ1n) is 8.59. The lowest BCUT2D eigenvalue weighted by Crippen LogP contribution is -2.45. The lowest BCUT2D eigenvalue weighted by atomic mass is 10.1. The highest BCUT2D eigenvalue weighted by Crippen LogP contribution is 2.25. The molecular formula is C17H27IN4O2S. The first-order chi connectivity index (χ1) is 11.4. The van der Waals surface area contributed by atoms with Gasteiger partial charge in [-0.3, -0.25) is 4.99 Å². The van der Waals surface area contributed by atoms with E-state index in [4.69, 9.17) is 5.73 Å². The van der Waals surface area contributed by atoms with E-state index >= 15 is 0 Å². The molecule has 1 fully saturated rings. The summed E-state index contributed by atoms with van der Waals surface area (Å²) in [4.78, 5) is 4.38. The summed E-state index contributed by atoms with van der Waals surface area (Å²) in [6.45, 7) is 0.980. The Labute approximate surface area is 167 Å². The number of nitrogens with one attached hydrogen (secondary N) is 1. The van der Waals surface area contributed by atoms with Gasteiger partial charge in [0.2, 0.25) is 10.0 Å². The summed E-state index contributed by atoms with van der Waals surface area (Å²) in [5, 5.41) is 3.12. The van der Waals surface area contributed by atoms with Crippen molar-refractivity contribution in [3.05, 3.63) is 29.3 Å². The molecule has 0 saturated carbocycles.